The molecule has 1 atom stereocenters. The van der Waals surface area contributed by atoms with Crippen molar-refractivity contribution in [2.75, 3.05) is 5.32 Å². The molecule has 2 rings (SSSR count). The molecule has 0 fully saturated rings. The van der Waals surface area contributed by atoms with Gasteiger partial charge in [-0.2, -0.15) is 0 Å². The minimum absolute atomic E-state index is 0.165. The number of anilines is 1. The Hall–Kier alpha value is -0.940. The van der Waals surface area contributed by atoms with Gasteiger partial charge in [0.05, 0.1) is 0 Å². The van der Waals surface area contributed by atoms with Crippen molar-refractivity contribution in [3.8, 4) is 0 Å². The van der Waals surface area contributed by atoms with Gasteiger partial charge in [0.25, 0.3) is 0 Å². The largest absolute Gasteiger partial charge is 0.324 e. The summed E-state index contributed by atoms with van der Waals surface area (Å²) in [7, 11) is 0. The van der Waals surface area contributed by atoms with E-state index >= 15 is 0 Å². The lowest BCUT2D eigenvalue weighted by molar-refractivity contribution is 0.952. The zero-order valence-electron chi connectivity index (χ0n) is 5.69. The Balaban J connectivity index is 2.54. The highest BCUT2D eigenvalue weighted by Crippen LogP contribution is 2.28. The number of fused-ring (bicyclic) bond motifs is 1. The van der Waals surface area contributed by atoms with E-state index < -0.39 is 5.50 Å². The van der Waals surface area contributed by atoms with E-state index in [1.165, 1.54) is 0 Å². The number of hydrogen-bond donors (Lipinski definition) is 3. The van der Waals surface area contributed by atoms with Crippen LogP contribution in [0.1, 0.15) is 11.2 Å². The molecule has 0 bridgehead atoms. The normalized spacial score (nSPS) is 21.2. The van der Waals surface area contributed by atoms with Crippen molar-refractivity contribution in [2.24, 2.45) is 4.99 Å². The highest BCUT2D eigenvalue weighted by Gasteiger charge is 2.20. The van der Waals surface area contributed by atoms with Crippen molar-refractivity contribution in [1.82, 2.24) is 9.97 Å². The first-order valence-corrected chi connectivity index (χ1v) is 3.95. The summed E-state index contributed by atoms with van der Waals surface area (Å²) >= 11 is 11.3. The number of imidazole rings is 1. The topological polar surface area (TPSA) is 73.0 Å². The van der Waals surface area contributed by atoms with Crippen LogP contribution in [0.3, 0.4) is 0 Å². The van der Waals surface area contributed by atoms with Gasteiger partial charge in [0.2, 0.25) is 0 Å². The van der Waals surface area contributed by atoms with E-state index in [2.05, 4.69) is 20.3 Å². The summed E-state index contributed by atoms with van der Waals surface area (Å²) in [5, 5.41) is 2.82. The van der Waals surface area contributed by atoms with E-state index in [1.807, 2.05) is 0 Å². The summed E-state index contributed by atoms with van der Waals surface area (Å²) in [5.41, 5.74) is -0.460. The molecule has 64 valence electrons. The first-order valence-electron chi connectivity index (χ1n) is 3.13. The summed E-state index contributed by atoms with van der Waals surface area (Å²) in [5.74, 6) is 0.472. The van der Waals surface area contributed by atoms with Crippen molar-refractivity contribution >= 4 is 34.3 Å². The number of halogens is 2. The molecule has 0 spiro atoms. The number of rotatable bonds is 0. The van der Waals surface area contributed by atoms with Crippen molar-refractivity contribution in [3.05, 3.63) is 16.2 Å². The van der Waals surface area contributed by atoms with Gasteiger partial charge in [-0.25, -0.2) is 9.79 Å². The number of hydrogen-bond acceptors (Lipinski definition) is 3. The van der Waals surface area contributed by atoms with Crippen molar-refractivity contribution in [1.29, 1.82) is 0 Å². The number of aromatic amines is 2. The molecule has 0 amide bonds. The fraction of sp³-hybridized carbons (Fsp3) is 0.200. The summed E-state index contributed by atoms with van der Waals surface area (Å²) < 4.78 is 0. The predicted octanol–water partition coefficient (Wildman–Crippen LogP) is 0.961. The summed E-state index contributed by atoms with van der Waals surface area (Å²) in [6.07, 6.45) is 0. The third-order valence-corrected chi connectivity index (χ3v) is 1.96. The van der Waals surface area contributed by atoms with Crippen molar-refractivity contribution in [3.63, 3.8) is 0 Å². The average molecular weight is 207 g/mol. The van der Waals surface area contributed by atoms with Crippen LogP contribution in [0.15, 0.2) is 9.79 Å². The van der Waals surface area contributed by atoms with Gasteiger partial charge in [0.1, 0.15) is 11.5 Å². The molecule has 1 aromatic rings. The highest BCUT2D eigenvalue weighted by molar-refractivity contribution is 6.67. The van der Waals surface area contributed by atoms with Crippen LogP contribution in [0.2, 0.25) is 0 Å². The molecular formula is C5H4Cl2N4O. The van der Waals surface area contributed by atoms with Gasteiger partial charge in [-0.3, -0.25) is 4.98 Å². The average Bonchev–Trinajstić information content (AvgIpc) is 2.29. The molecule has 2 heterocycles. The predicted molar refractivity (Wildman–Crippen MR) is 46.9 cm³/mol. The van der Waals surface area contributed by atoms with Crippen LogP contribution in [0.4, 0.5) is 5.82 Å². The molecule has 0 saturated heterocycles. The smallest absolute Gasteiger partial charge is 0.315 e. The SMILES string of the molecule is O=c1[nH]c2c([nH]1)[C@H](Cl)N=C(Cl)N2. The highest BCUT2D eigenvalue weighted by atomic mass is 35.5. The fourth-order valence-corrected chi connectivity index (χ4v) is 1.48. The molecule has 7 heteroatoms. The Bertz CT molecular complexity index is 392. The van der Waals surface area contributed by atoms with Crippen LogP contribution < -0.4 is 11.0 Å². The summed E-state index contributed by atoms with van der Waals surface area (Å²) in [6, 6.07) is 0. The van der Waals surface area contributed by atoms with Gasteiger partial charge in [-0.05, 0) is 11.6 Å². The maximum absolute atomic E-state index is 10.8. The molecule has 0 unspecified atom stereocenters. The lowest BCUT2D eigenvalue weighted by atomic mass is 10.4. The van der Waals surface area contributed by atoms with Gasteiger partial charge in [0.15, 0.2) is 10.8 Å². The molecule has 0 aromatic carbocycles. The molecule has 3 N–H and O–H groups in total. The number of nitrogens with one attached hydrogen (secondary N) is 3. The van der Waals surface area contributed by atoms with E-state index in [1.54, 1.807) is 0 Å². The maximum atomic E-state index is 10.8. The molecule has 0 saturated carbocycles. The summed E-state index contributed by atoms with van der Waals surface area (Å²) in [4.78, 5) is 19.6. The van der Waals surface area contributed by atoms with E-state index in [-0.39, 0.29) is 11.0 Å². The number of aliphatic imine (C=N–C) groups is 1. The van der Waals surface area contributed by atoms with Gasteiger partial charge in [0, 0.05) is 0 Å². The molecule has 0 aliphatic carbocycles. The maximum Gasteiger partial charge on any atom is 0.324 e. The Kier molecular flexibility index (Phi) is 1.62. The second-order valence-corrected chi connectivity index (χ2v) is 3.02. The van der Waals surface area contributed by atoms with Crippen LogP contribution in [0, 0.1) is 0 Å². The Morgan fingerprint density at radius 3 is 2.92 bits per heavy atom. The molecule has 12 heavy (non-hydrogen) atoms. The van der Waals surface area contributed by atoms with E-state index in [9.17, 15) is 4.79 Å². The van der Waals surface area contributed by atoms with E-state index in [0.29, 0.717) is 11.5 Å². The third kappa shape index (κ3) is 1.11. The molecular weight excluding hydrogens is 203 g/mol. The first kappa shape index (κ1) is 7.70. The van der Waals surface area contributed by atoms with Crippen LogP contribution in [0.25, 0.3) is 0 Å². The van der Waals surface area contributed by atoms with Crippen LogP contribution in [-0.2, 0) is 0 Å². The van der Waals surface area contributed by atoms with Crippen molar-refractivity contribution in [2.45, 2.75) is 5.50 Å². The Labute approximate surface area is 76.8 Å². The standard InChI is InChI=1S/C5H4Cl2N4O/c6-2-1-3(10-4(7)9-2)11-5(12)8-1/h2H,(H,9,10)(H2,8,11,12)/t2-/m1/s1. The lowest BCUT2D eigenvalue weighted by Crippen LogP contribution is -2.13. The van der Waals surface area contributed by atoms with E-state index in [4.69, 9.17) is 23.2 Å². The number of aromatic nitrogens is 2. The molecule has 1 aliphatic rings. The monoisotopic (exact) mass is 206 g/mol. The Morgan fingerprint density at radius 1 is 1.42 bits per heavy atom. The first-order chi connectivity index (χ1) is 5.66. The third-order valence-electron chi connectivity index (χ3n) is 1.45. The minimum atomic E-state index is -0.632. The van der Waals surface area contributed by atoms with Gasteiger partial charge >= 0.3 is 5.69 Å². The van der Waals surface area contributed by atoms with Crippen molar-refractivity contribution < 1.29 is 0 Å². The lowest BCUT2D eigenvalue weighted by Gasteiger charge is -2.12. The van der Waals surface area contributed by atoms with Gasteiger partial charge in [-0.15, -0.1) is 0 Å². The molecule has 5 nitrogen and oxygen atoms in total. The van der Waals surface area contributed by atoms with E-state index in [0.717, 1.165) is 0 Å². The molecule has 0 radical (unpaired) electrons. The number of amidine groups is 1. The second kappa shape index (κ2) is 2.53. The fourth-order valence-electron chi connectivity index (χ4n) is 0.974. The zero-order chi connectivity index (χ0) is 8.72. The molecule has 1 aromatic heterocycles. The number of nitrogens with zero attached hydrogens (tertiary/aromatic N) is 1. The van der Waals surface area contributed by atoms with Crippen LogP contribution >= 0.6 is 23.2 Å². The quantitative estimate of drug-likeness (QED) is 0.437. The number of alkyl halides is 1. The molecule has 1 aliphatic heterocycles. The zero-order valence-corrected chi connectivity index (χ0v) is 7.20. The second-order valence-electron chi connectivity index (χ2n) is 2.25. The van der Waals surface area contributed by atoms with Gasteiger partial charge < -0.3 is 10.3 Å². The Morgan fingerprint density at radius 2 is 2.17 bits per heavy atom. The summed E-state index contributed by atoms with van der Waals surface area (Å²) in [6.45, 7) is 0. The van der Waals surface area contributed by atoms with Crippen LogP contribution in [0.5, 0.6) is 0 Å². The minimum Gasteiger partial charge on any atom is -0.315 e. The van der Waals surface area contributed by atoms with Crippen LogP contribution in [-0.4, -0.2) is 15.3 Å². The number of H-pyrrole nitrogens is 2. The van der Waals surface area contributed by atoms with Gasteiger partial charge in [-0.1, -0.05) is 11.6 Å².